The molecule has 0 aromatic heterocycles. The average Bonchev–Trinajstić information content (AvgIpc) is 2.40. The summed E-state index contributed by atoms with van der Waals surface area (Å²) in [4.78, 5) is 0. The third-order valence-corrected chi connectivity index (χ3v) is 3.27. The zero-order valence-corrected chi connectivity index (χ0v) is 11.2. The quantitative estimate of drug-likeness (QED) is 0.557. The zero-order valence-electron chi connectivity index (χ0n) is 9.70. The smallest absolute Gasteiger partial charge is 0.133 e. The minimum Gasteiger partial charge on any atom is -0.206 e. The van der Waals surface area contributed by atoms with Crippen LogP contribution in [0.3, 0.4) is 0 Å². The first-order valence-corrected chi connectivity index (χ1v) is 6.20. The Morgan fingerprint density at radius 2 is 1.74 bits per heavy atom. The van der Waals surface area contributed by atoms with Gasteiger partial charge in [0.1, 0.15) is 11.9 Å². The third-order valence-electron chi connectivity index (χ3n) is 2.58. The van der Waals surface area contributed by atoms with Crippen LogP contribution in [0.2, 0.25) is 5.02 Å². The summed E-state index contributed by atoms with van der Waals surface area (Å²) in [7, 11) is 0. The fourth-order valence-corrected chi connectivity index (χ4v) is 2.33. The maximum absolute atomic E-state index is 13.8. The standard InChI is InChI=1S/C15H8Cl2FN/c16-12-7-4-8-13(18)14(12)15(17)11(9-19)10-5-2-1-3-6-10/h1-8H. The predicted molar refractivity (Wildman–Crippen MR) is 76.1 cm³/mol. The molecule has 2 rings (SSSR count). The summed E-state index contributed by atoms with van der Waals surface area (Å²) in [6.07, 6.45) is 0. The number of hydrogen-bond donors (Lipinski definition) is 0. The summed E-state index contributed by atoms with van der Waals surface area (Å²) in [5.74, 6) is -0.554. The number of halogens is 3. The molecule has 0 unspecified atom stereocenters. The number of allylic oxidation sites excluding steroid dienone is 1. The van der Waals surface area contributed by atoms with E-state index in [9.17, 15) is 9.65 Å². The van der Waals surface area contributed by atoms with Crippen LogP contribution >= 0.6 is 23.2 Å². The number of benzene rings is 2. The molecular weight excluding hydrogens is 284 g/mol. The van der Waals surface area contributed by atoms with Gasteiger partial charge in [-0.25, -0.2) is 4.39 Å². The second-order valence-electron chi connectivity index (χ2n) is 3.76. The maximum atomic E-state index is 13.8. The molecule has 4 heteroatoms. The van der Waals surface area contributed by atoms with Crippen LogP contribution in [0.1, 0.15) is 11.1 Å². The van der Waals surface area contributed by atoms with Crippen molar-refractivity contribution in [2.24, 2.45) is 0 Å². The van der Waals surface area contributed by atoms with Gasteiger partial charge in [-0.1, -0.05) is 59.6 Å². The van der Waals surface area contributed by atoms with E-state index in [1.165, 1.54) is 18.2 Å². The topological polar surface area (TPSA) is 23.8 Å². The molecule has 0 amide bonds. The first-order chi connectivity index (χ1) is 9.15. The largest absolute Gasteiger partial charge is 0.206 e. The Hall–Kier alpha value is -1.82. The van der Waals surface area contributed by atoms with Crippen LogP contribution in [0.5, 0.6) is 0 Å². The lowest BCUT2D eigenvalue weighted by atomic mass is 10.0. The van der Waals surface area contributed by atoms with Crippen molar-refractivity contribution >= 4 is 33.8 Å². The van der Waals surface area contributed by atoms with Crippen molar-refractivity contribution in [3.8, 4) is 6.07 Å². The van der Waals surface area contributed by atoms with Gasteiger partial charge < -0.3 is 0 Å². The molecule has 0 atom stereocenters. The van der Waals surface area contributed by atoms with E-state index in [4.69, 9.17) is 23.2 Å². The van der Waals surface area contributed by atoms with Gasteiger partial charge in [0.2, 0.25) is 0 Å². The first kappa shape index (κ1) is 13.6. The lowest BCUT2D eigenvalue weighted by Crippen LogP contribution is -1.91. The van der Waals surface area contributed by atoms with Crippen molar-refractivity contribution in [3.63, 3.8) is 0 Å². The second kappa shape index (κ2) is 5.88. The number of nitriles is 1. The SMILES string of the molecule is N#CC(=C(Cl)c1c(F)cccc1Cl)c1ccccc1. The molecule has 2 aromatic rings. The van der Waals surface area contributed by atoms with E-state index < -0.39 is 5.82 Å². The molecule has 19 heavy (non-hydrogen) atoms. The molecule has 0 saturated carbocycles. The minimum atomic E-state index is -0.554. The molecule has 1 nitrogen and oxygen atoms in total. The number of nitrogens with zero attached hydrogens (tertiary/aromatic N) is 1. The Kier molecular flexibility index (Phi) is 4.21. The second-order valence-corrected chi connectivity index (χ2v) is 4.55. The third kappa shape index (κ3) is 2.78. The minimum absolute atomic E-state index is 0.0109. The monoisotopic (exact) mass is 291 g/mol. The first-order valence-electron chi connectivity index (χ1n) is 5.45. The van der Waals surface area contributed by atoms with E-state index in [1.807, 2.05) is 12.1 Å². The van der Waals surface area contributed by atoms with Crippen LogP contribution in [0, 0.1) is 17.1 Å². The van der Waals surface area contributed by atoms with E-state index in [2.05, 4.69) is 0 Å². The van der Waals surface area contributed by atoms with Gasteiger partial charge in [0.25, 0.3) is 0 Å². The fraction of sp³-hybridized carbons (Fsp3) is 0. The van der Waals surface area contributed by atoms with Crippen molar-refractivity contribution in [1.29, 1.82) is 5.26 Å². The summed E-state index contributed by atoms with van der Waals surface area (Å²) in [6, 6.07) is 15.1. The Balaban J connectivity index is 2.67. The Bertz CT molecular complexity index is 652. The summed E-state index contributed by atoms with van der Waals surface area (Å²) in [6.45, 7) is 0. The van der Waals surface area contributed by atoms with Crippen molar-refractivity contribution in [2.75, 3.05) is 0 Å². The molecular formula is C15H8Cl2FN. The Labute approximate surface area is 120 Å². The van der Waals surface area contributed by atoms with Crippen LogP contribution in [-0.4, -0.2) is 0 Å². The fourth-order valence-electron chi connectivity index (χ4n) is 1.68. The Morgan fingerprint density at radius 1 is 1.05 bits per heavy atom. The van der Waals surface area contributed by atoms with Gasteiger partial charge in [-0.15, -0.1) is 0 Å². The zero-order chi connectivity index (χ0) is 13.8. The average molecular weight is 292 g/mol. The van der Waals surface area contributed by atoms with Crippen LogP contribution < -0.4 is 0 Å². The van der Waals surface area contributed by atoms with Gasteiger partial charge in [0, 0.05) is 5.56 Å². The van der Waals surface area contributed by atoms with Crippen LogP contribution in [0.15, 0.2) is 48.5 Å². The summed E-state index contributed by atoms with van der Waals surface area (Å²) < 4.78 is 13.8. The summed E-state index contributed by atoms with van der Waals surface area (Å²) >= 11 is 12.1. The van der Waals surface area contributed by atoms with Crippen molar-refractivity contribution < 1.29 is 4.39 Å². The van der Waals surface area contributed by atoms with E-state index in [-0.39, 0.29) is 21.2 Å². The van der Waals surface area contributed by atoms with Gasteiger partial charge in [-0.05, 0) is 17.7 Å². The van der Waals surface area contributed by atoms with Gasteiger partial charge in [0.15, 0.2) is 0 Å². The molecule has 0 aliphatic heterocycles. The van der Waals surface area contributed by atoms with Gasteiger partial charge in [-0.2, -0.15) is 5.26 Å². The molecule has 0 heterocycles. The van der Waals surface area contributed by atoms with Crippen molar-refractivity contribution in [3.05, 3.63) is 70.5 Å². The summed E-state index contributed by atoms with van der Waals surface area (Å²) in [5.41, 5.74) is 0.856. The molecule has 0 fully saturated rings. The molecule has 0 spiro atoms. The van der Waals surface area contributed by atoms with E-state index in [1.54, 1.807) is 24.3 Å². The number of rotatable bonds is 2. The van der Waals surface area contributed by atoms with Gasteiger partial charge in [0.05, 0.1) is 15.6 Å². The van der Waals surface area contributed by atoms with E-state index in [0.29, 0.717) is 5.56 Å². The van der Waals surface area contributed by atoms with Crippen LogP contribution in [-0.2, 0) is 0 Å². The normalized spacial score (nSPS) is 11.7. The van der Waals surface area contributed by atoms with E-state index in [0.717, 1.165) is 0 Å². The molecule has 0 aliphatic rings. The highest BCUT2D eigenvalue weighted by molar-refractivity contribution is 6.54. The predicted octanol–water partition coefficient (Wildman–Crippen LogP) is 5.11. The molecule has 0 radical (unpaired) electrons. The van der Waals surface area contributed by atoms with Crippen molar-refractivity contribution in [2.45, 2.75) is 0 Å². The van der Waals surface area contributed by atoms with Gasteiger partial charge >= 0.3 is 0 Å². The molecule has 94 valence electrons. The highest BCUT2D eigenvalue weighted by atomic mass is 35.5. The van der Waals surface area contributed by atoms with Crippen molar-refractivity contribution in [1.82, 2.24) is 0 Å². The molecule has 2 aromatic carbocycles. The number of hydrogen-bond acceptors (Lipinski definition) is 1. The van der Waals surface area contributed by atoms with Crippen LogP contribution in [0.4, 0.5) is 4.39 Å². The molecule has 0 saturated heterocycles. The summed E-state index contributed by atoms with van der Waals surface area (Å²) in [5, 5.41) is 9.42. The Morgan fingerprint density at radius 3 is 2.32 bits per heavy atom. The lowest BCUT2D eigenvalue weighted by molar-refractivity contribution is 0.625. The van der Waals surface area contributed by atoms with E-state index >= 15 is 0 Å². The van der Waals surface area contributed by atoms with Gasteiger partial charge in [-0.3, -0.25) is 0 Å². The van der Waals surface area contributed by atoms with Crippen LogP contribution in [0.25, 0.3) is 10.6 Å². The molecule has 0 bridgehead atoms. The highest BCUT2D eigenvalue weighted by Crippen LogP contribution is 2.35. The lowest BCUT2D eigenvalue weighted by Gasteiger charge is -2.07. The highest BCUT2D eigenvalue weighted by Gasteiger charge is 2.16. The molecule has 0 N–H and O–H groups in total. The molecule has 0 aliphatic carbocycles. The maximum Gasteiger partial charge on any atom is 0.133 e.